The van der Waals surface area contributed by atoms with Gasteiger partial charge in [-0.2, -0.15) is 0 Å². The Morgan fingerprint density at radius 2 is 2.19 bits per heavy atom. The minimum Gasteiger partial charge on any atom is -0.393 e. The maximum Gasteiger partial charge on any atom is 0.0768 e. The molecule has 1 fully saturated rings. The quantitative estimate of drug-likeness (QED) is 0.752. The number of hydrogen-bond acceptors (Lipinski definition) is 2. The summed E-state index contributed by atoms with van der Waals surface area (Å²) < 4.78 is 0. The van der Waals surface area contributed by atoms with E-state index in [0.717, 1.165) is 12.5 Å². The van der Waals surface area contributed by atoms with E-state index in [1.165, 1.54) is 45.2 Å². The third kappa shape index (κ3) is 4.79. The Bertz CT molecular complexity index is 218. The lowest BCUT2D eigenvalue weighted by atomic mass is 9.96. The van der Waals surface area contributed by atoms with Gasteiger partial charge in [-0.05, 0) is 38.3 Å². The third-order valence-corrected chi connectivity index (χ3v) is 4.06. The van der Waals surface area contributed by atoms with E-state index < -0.39 is 0 Å². The zero-order chi connectivity index (χ0) is 12.0. The number of rotatable bonds is 5. The Morgan fingerprint density at radius 1 is 1.44 bits per heavy atom. The van der Waals surface area contributed by atoms with E-state index in [1.807, 2.05) is 0 Å². The van der Waals surface area contributed by atoms with Gasteiger partial charge in [0.1, 0.15) is 0 Å². The van der Waals surface area contributed by atoms with E-state index in [1.54, 1.807) is 0 Å². The van der Waals surface area contributed by atoms with Crippen LogP contribution in [0.2, 0.25) is 0 Å². The van der Waals surface area contributed by atoms with Gasteiger partial charge in [-0.1, -0.05) is 38.9 Å². The van der Waals surface area contributed by atoms with Crippen LogP contribution in [-0.4, -0.2) is 29.5 Å². The number of nitrogens with two attached hydrogens (primary N) is 1. The van der Waals surface area contributed by atoms with Gasteiger partial charge < -0.3 is 10.6 Å². The zero-order valence-electron chi connectivity index (χ0n) is 10.7. The van der Waals surface area contributed by atoms with E-state index in [0.29, 0.717) is 10.9 Å². The number of likely N-dealkylation sites (tertiary alicyclic amines) is 1. The first-order valence-corrected chi connectivity index (χ1v) is 7.06. The standard InChI is InChI=1S/C13H26N2S/c1-3-5-12-6-4-8-15(9-7-12)10-11(2)13(14)16/h11-12H,3-10H2,1-2H3,(H2,14,16). The first-order chi connectivity index (χ1) is 7.63. The minimum absolute atomic E-state index is 0.359. The maximum absolute atomic E-state index is 5.67. The average molecular weight is 242 g/mol. The van der Waals surface area contributed by atoms with E-state index in [-0.39, 0.29) is 0 Å². The molecule has 0 aromatic carbocycles. The normalized spacial score (nSPS) is 25.0. The molecule has 1 saturated heterocycles. The SMILES string of the molecule is CCCC1CCCN(CC(C)C(N)=S)CC1. The van der Waals surface area contributed by atoms with E-state index in [9.17, 15) is 0 Å². The van der Waals surface area contributed by atoms with Gasteiger partial charge in [0.25, 0.3) is 0 Å². The highest BCUT2D eigenvalue weighted by molar-refractivity contribution is 7.80. The highest BCUT2D eigenvalue weighted by Gasteiger charge is 2.18. The number of nitrogens with zero attached hydrogens (tertiary/aromatic N) is 1. The molecule has 1 rings (SSSR count). The summed E-state index contributed by atoms with van der Waals surface area (Å²) in [6.07, 6.45) is 6.84. The van der Waals surface area contributed by atoms with Crippen LogP contribution in [0.4, 0.5) is 0 Å². The maximum atomic E-state index is 5.67. The van der Waals surface area contributed by atoms with Gasteiger partial charge in [0.2, 0.25) is 0 Å². The molecule has 0 bridgehead atoms. The lowest BCUT2D eigenvalue weighted by Crippen LogP contribution is -2.34. The second-order valence-corrected chi connectivity index (χ2v) is 5.66. The molecule has 16 heavy (non-hydrogen) atoms. The molecule has 3 heteroatoms. The minimum atomic E-state index is 0.359. The summed E-state index contributed by atoms with van der Waals surface area (Å²) in [5.41, 5.74) is 5.67. The van der Waals surface area contributed by atoms with Gasteiger partial charge in [0, 0.05) is 12.5 Å². The van der Waals surface area contributed by atoms with Gasteiger partial charge in [0.15, 0.2) is 0 Å². The lowest BCUT2D eigenvalue weighted by Gasteiger charge is -2.23. The van der Waals surface area contributed by atoms with E-state index in [2.05, 4.69) is 18.7 Å². The first-order valence-electron chi connectivity index (χ1n) is 6.65. The van der Waals surface area contributed by atoms with Crippen LogP contribution in [0.25, 0.3) is 0 Å². The largest absolute Gasteiger partial charge is 0.393 e. The van der Waals surface area contributed by atoms with Crippen LogP contribution in [0.1, 0.15) is 46.0 Å². The van der Waals surface area contributed by atoms with E-state index in [4.69, 9.17) is 18.0 Å². The summed E-state index contributed by atoms with van der Waals surface area (Å²) in [5.74, 6) is 1.31. The third-order valence-electron chi connectivity index (χ3n) is 3.65. The molecular formula is C13H26N2S. The van der Waals surface area contributed by atoms with Crippen LogP contribution < -0.4 is 5.73 Å². The van der Waals surface area contributed by atoms with Crippen molar-refractivity contribution in [2.75, 3.05) is 19.6 Å². The predicted molar refractivity (Wildman–Crippen MR) is 74.6 cm³/mol. The predicted octanol–water partition coefficient (Wildman–Crippen LogP) is 2.81. The van der Waals surface area contributed by atoms with Gasteiger partial charge >= 0.3 is 0 Å². The molecule has 0 spiro atoms. The van der Waals surface area contributed by atoms with Crippen molar-refractivity contribution in [3.05, 3.63) is 0 Å². The molecule has 2 atom stereocenters. The molecule has 2 unspecified atom stereocenters. The first kappa shape index (κ1) is 13.9. The molecule has 1 aliphatic heterocycles. The topological polar surface area (TPSA) is 29.3 Å². The summed E-state index contributed by atoms with van der Waals surface area (Å²) in [6, 6.07) is 0. The summed E-state index contributed by atoms with van der Waals surface area (Å²) in [6.45, 7) is 7.94. The lowest BCUT2D eigenvalue weighted by molar-refractivity contribution is 0.264. The van der Waals surface area contributed by atoms with Crippen LogP contribution in [0.3, 0.4) is 0 Å². The molecule has 94 valence electrons. The molecule has 0 amide bonds. The summed E-state index contributed by atoms with van der Waals surface area (Å²) in [7, 11) is 0. The fraction of sp³-hybridized carbons (Fsp3) is 0.923. The van der Waals surface area contributed by atoms with Crippen LogP contribution in [0.15, 0.2) is 0 Å². The van der Waals surface area contributed by atoms with Crippen molar-refractivity contribution < 1.29 is 0 Å². The smallest absolute Gasteiger partial charge is 0.0768 e. The van der Waals surface area contributed by atoms with E-state index >= 15 is 0 Å². The molecule has 1 aliphatic rings. The summed E-state index contributed by atoms with van der Waals surface area (Å²) in [4.78, 5) is 3.20. The fourth-order valence-corrected chi connectivity index (χ4v) is 2.66. The molecule has 0 aromatic heterocycles. The Kier molecular flexibility index (Phi) is 6.29. The molecule has 0 saturated carbocycles. The van der Waals surface area contributed by atoms with Gasteiger partial charge in [-0.25, -0.2) is 0 Å². The van der Waals surface area contributed by atoms with Crippen LogP contribution >= 0.6 is 12.2 Å². The average Bonchev–Trinajstić information content (AvgIpc) is 2.44. The second-order valence-electron chi connectivity index (χ2n) is 5.19. The van der Waals surface area contributed by atoms with Gasteiger partial charge in [-0.15, -0.1) is 0 Å². The molecule has 0 aromatic rings. The van der Waals surface area contributed by atoms with Crippen LogP contribution in [0.5, 0.6) is 0 Å². The van der Waals surface area contributed by atoms with Crippen molar-refractivity contribution in [1.29, 1.82) is 0 Å². The molecule has 2 N–H and O–H groups in total. The molecule has 0 aliphatic carbocycles. The summed E-state index contributed by atoms with van der Waals surface area (Å²) >= 11 is 5.04. The monoisotopic (exact) mass is 242 g/mol. The van der Waals surface area contributed by atoms with Crippen LogP contribution in [-0.2, 0) is 0 Å². The molecule has 1 heterocycles. The Hall–Kier alpha value is -0.150. The second kappa shape index (κ2) is 7.23. The Morgan fingerprint density at radius 3 is 2.81 bits per heavy atom. The van der Waals surface area contributed by atoms with Crippen molar-refractivity contribution in [3.8, 4) is 0 Å². The highest BCUT2D eigenvalue weighted by atomic mass is 32.1. The summed E-state index contributed by atoms with van der Waals surface area (Å²) in [5, 5.41) is 0. The Labute approximate surface area is 106 Å². The van der Waals surface area contributed by atoms with Crippen molar-refractivity contribution in [2.24, 2.45) is 17.6 Å². The molecule has 0 radical (unpaired) electrons. The van der Waals surface area contributed by atoms with Crippen molar-refractivity contribution in [2.45, 2.75) is 46.0 Å². The number of thiocarbonyl (C=S) groups is 1. The van der Waals surface area contributed by atoms with Crippen molar-refractivity contribution >= 4 is 17.2 Å². The van der Waals surface area contributed by atoms with Crippen molar-refractivity contribution in [3.63, 3.8) is 0 Å². The molecule has 2 nitrogen and oxygen atoms in total. The van der Waals surface area contributed by atoms with Gasteiger partial charge in [0.05, 0.1) is 4.99 Å². The fourth-order valence-electron chi connectivity index (χ4n) is 2.58. The Balaban J connectivity index is 2.32. The molecular weight excluding hydrogens is 216 g/mol. The number of hydrogen-bond donors (Lipinski definition) is 1. The van der Waals surface area contributed by atoms with Crippen molar-refractivity contribution in [1.82, 2.24) is 4.90 Å². The zero-order valence-corrected chi connectivity index (χ0v) is 11.6. The highest BCUT2D eigenvalue weighted by Crippen LogP contribution is 2.22. The van der Waals surface area contributed by atoms with Crippen LogP contribution in [0, 0.1) is 11.8 Å². The van der Waals surface area contributed by atoms with Gasteiger partial charge in [-0.3, -0.25) is 0 Å².